The van der Waals surface area contributed by atoms with Gasteiger partial charge in [-0.25, -0.2) is 9.59 Å². The molecule has 2 N–H and O–H groups in total. The molecule has 0 saturated heterocycles. The first kappa shape index (κ1) is 14.9. The van der Waals surface area contributed by atoms with Crippen LogP contribution in [0.2, 0.25) is 0 Å². The zero-order valence-electron chi connectivity index (χ0n) is 11.3. The van der Waals surface area contributed by atoms with Crippen molar-refractivity contribution in [3.63, 3.8) is 0 Å². The number of carboxylic acid groups (broad SMARTS) is 2. The molecule has 0 aromatic heterocycles. The lowest BCUT2D eigenvalue weighted by atomic mass is 9.92. The maximum absolute atomic E-state index is 11.1. The quantitative estimate of drug-likeness (QED) is 0.852. The zero-order chi connectivity index (χ0) is 16.3. The van der Waals surface area contributed by atoms with E-state index < -0.39 is 11.9 Å². The van der Waals surface area contributed by atoms with Crippen molar-refractivity contribution < 1.29 is 19.8 Å². The number of benzene rings is 2. The van der Waals surface area contributed by atoms with Crippen LogP contribution in [0.15, 0.2) is 36.4 Å². The van der Waals surface area contributed by atoms with Gasteiger partial charge in [-0.3, -0.25) is 0 Å². The first-order valence-corrected chi connectivity index (χ1v) is 6.16. The third kappa shape index (κ3) is 2.67. The Balaban J connectivity index is 2.80. The molecule has 0 fully saturated rings. The maximum Gasteiger partial charge on any atom is 0.335 e. The molecule has 0 radical (unpaired) electrons. The Morgan fingerprint density at radius 1 is 0.773 bits per heavy atom. The van der Waals surface area contributed by atoms with Crippen LogP contribution < -0.4 is 0 Å². The van der Waals surface area contributed by atoms with Crippen molar-refractivity contribution in [2.24, 2.45) is 0 Å². The van der Waals surface area contributed by atoms with Gasteiger partial charge in [0.25, 0.3) is 0 Å². The van der Waals surface area contributed by atoms with Crippen LogP contribution in [0.3, 0.4) is 0 Å². The lowest BCUT2D eigenvalue weighted by Gasteiger charge is -2.10. The van der Waals surface area contributed by atoms with Crippen molar-refractivity contribution in [1.29, 1.82) is 0 Å². The third-order valence-electron chi connectivity index (χ3n) is 3.13. The standard InChI is InChI=1S/C18H10O4/c1-3-11-5-7-13(17(19)20)9-15(11)16-10-14(18(21)22)8-6-12(16)4-2/h1-2,5-10H,(H,19,20)(H,21,22). The summed E-state index contributed by atoms with van der Waals surface area (Å²) < 4.78 is 0. The minimum Gasteiger partial charge on any atom is -0.478 e. The van der Waals surface area contributed by atoms with Crippen LogP contribution in [0.25, 0.3) is 11.1 Å². The second-order valence-electron chi connectivity index (χ2n) is 4.42. The summed E-state index contributed by atoms with van der Waals surface area (Å²) in [6.45, 7) is 0. The van der Waals surface area contributed by atoms with Crippen molar-refractivity contribution in [2.75, 3.05) is 0 Å². The molecule has 0 aliphatic rings. The van der Waals surface area contributed by atoms with Crippen LogP contribution in [0.1, 0.15) is 31.8 Å². The molecule has 0 saturated carbocycles. The second-order valence-corrected chi connectivity index (χ2v) is 4.42. The van der Waals surface area contributed by atoms with E-state index in [4.69, 9.17) is 23.1 Å². The first-order valence-electron chi connectivity index (χ1n) is 6.16. The highest BCUT2D eigenvalue weighted by atomic mass is 16.4. The molecule has 106 valence electrons. The topological polar surface area (TPSA) is 74.6 Å². The smallest absolute Gasteiger partial charge is 0.335 e. The van der Waals surface area contributed by atoms with E-state index in [2.05, 4.69) is 11.8 Å². The highest BCUT2D eigenvalue weighted by Crippen LogP contribution is 2.29. The van der Waals surface area contributed by atoms with Crippen molar-refractivity contribution in [3.8, 4) is 35.8 Å². The molecule has 0 heterocycles. The fourth-order valence-corrected chi connectivity index (χ4v) is 2.05. The summed E-state index contributed by atoms with van der Waals surface area (Å²) >= 11 is 0. The van der Waals surface area contributed by atoms with E-state index in [0.29, 0.717) is 22.3 Å². The molecule has 0 aliphatic heterocycles. The Morgan fingerprint density at radius 2 is 1.14 bits per heavy atom. The number of carbonyl (C=O) groups is 2. The lowest BCUT2D eigenvalue weighted by molar-refractivity contribution is 0.0686. The van der Waals surface area contributed by atoms with Gasteiger partial charge in [-0.2, -0.15) is 0 Å². The summed E-state index contributed by atoms with van der Waals surface area (Å²) in [6.07, 6.45) is 10.9. The van der Waals surface area contributed by atoms with Crippen LogP contribution in [0.5, 0.6) is 0 Å². The maximum atomic E-state index is 11.1. The molecule has 2 aromatic rings. The predicted octanol–water partition coefficient (Wildman–Crippen LogP) is 2.71. The fraction of sp³-hybridized carbons (Fsp3) is 0. The van der Waals surface area contributed by atoms with Gasteiger partial charge in [0.05, 0.1) is 11.1 Å². The number of carboxylic acids is 2. The van der Waals surface area contributed by atoms with Crippen LogP contribution in [0.4, 0.5) is 0 Å². The van der Waals surface area contributed by atoms with Gasteiger partial charge < -0.3 is 10.2 Å². The fourth-order valence-electron chi connectivity index (χ4n) is 2.05. The van der Waals surface area contributed by atoms with E-state index in [0.717, 1.165) is 0 Å². The van der Waals surface area contributed by atoms with Crippen molar-refractivity contribution in [1.82, 2.24) is 0 Å². The molecule has 22 heavy (non-hydrogen) atoms. The Morgan fingerprint density at radius 3 is 1.41 bits per heavy atom. The summed E-state index contributed by atoms with van der Waals surface area (Å²) in [7, 11) is 0. The van der Waals surface area contributed by atoms with E-state index >= 15 is 0 Å². The summed E-state index contributed by atoms with van der Waals surface area (Å²) in [5.74, 6) is 2.68. The van der Waals surface area contributed by atoms with Crippen LogP contribution >= 0.6 is 0 Å². The largest absolute Gasteiger partial charge is 0.478 e. The predicted molar refractivity (Wildman–Crippen MR) is 81.7 cm³/mol. The highest BCUT2D eigenvalue weighted by molar-refractivity contribution is 5.93. The SMILES string of the molecule is C#Cc1ccc(C(=O)O)cc1-c1cc(C(=O)O)ccc1C#C. The van der Waals surface area contributed by atoms with Crippen molar-refractivity contribution in [3.05, 3.63) is 58.7 Å². The second kappa shape index (κ2) is 5.87. The molecule has 0 unspecified atom stereocenters. The number of hydrogen-bond acceptors (Lipinski definition) is 2. The van der Waals surface area contributed by atoms with E-state index in [1.165, 1.54) is 36.4 Å². The molecule has 0 spiro atoms. The monoisotopic (exact) mass is 290 g/mol. The Kier molecular flexibility index (Phi) is 3.97. The van der Waals surface area contributed by atoms with Crippen LogP contribution in [0, 0.1) is 24.7 Å². The Bertz CT molecular complexity index is 790. The molecule has 0 aliphatic carbocycles. The molecule has 2 aromatic carbocycles. The van der Waals surface area contributed by atoms with Gasteiger partial charge in [0.1, 0.15) is 0 Å². The van der Waals surface area contributed by atoms with Gasteiger partial charge in [-0.1, -0.05) is 11.8 Å². The van der Waals surface area contributed by atoms with Gasteiger partial charge in [0.2, 0.25) is 0 Å². The Hall–Kier alpha value is -3.50. The molecular formula is C18H10O4. The van der Waals surface area contributed by atoms with Gasteiger partial charge in [-0.15, -0.1) is 12.8 Å². The normalized spacial score (nSPS) is 9.55. The first-order chi connectivity index (χ1) is 10.5. The average molecular weight is 290 g/mol. The zero-order valence-corrected chi connectivity index (χ0v) is 11.3. The lowest BCUT2D eigenvalue weighted by Crippen LogP contribution is -2.01. The summed E-state index contributed by atoms with van der Waals surface area (Å²) in [6, 6.07) is 8.53. The molecule has 4 nitrogen and oxygen atoms in total. The molecule has 2 rings (SSSR count). The number of aromatic carboxylic acids is 2. The van der Waals surface area contributed by atoms with Crippen molar-refractivity contribution >= 4 is 11.9 Å². The van der Waals surface area contributed by atoms with Crippen LogP contribution in [-0.2, 0) is 0 Å². The minimum atomic E-state index is -1.11. The van der Waals surface area contributed by atoms with E-state index in [9.17, 15) is 9.59 Å². The molecule has 4 heteroatoms. The number of terminal acetylenes is 2. The molecule has 0 amide bonds. The van der Waals surface area contributed by atoms with Crippen molar-refractivity contribution in [2.45, 2.75) is 0 Å². The van der Waals surface area contributed by atoms with Gasteiger partial charge in [0, 0.05) is 11.1 Å². The average Bonchev–Trinajstić information content (AvgIpc) is 2.53. The summed E-state index contributed by atoms with van der Waals surface area (Å²) in [5.41, 5.74) is 1.78. The van der Waals surface area contributed by atoms with Crippen LogP contribution in [-0.4, -0.2) is 22.2 Å². The highest BCUT2D eigenvalue weighted by Gasteiger charge is 2.14. The number of rotatable bonds is 3. The Labute approximate surface area is 127 Å². The third-order valence-corrected chi connectivity index (χ3v) is 3.13. The number of hydrogen-bond donors (Lipinski definition) is 2. The van der Waals surface area contributed by atoms with Gasteiger partial charge >= 0.3 is 11.9 Å². The van der Waals surface area contributed by atoms with Gasteiger partial charge in [0.15, 0.2) is 0 Å². The van der Waals surface area contributed by atoms with E-state index in [1.807, 2.05) is 0 Å². The minimum absolute atomic E-state index is 0.0395. The molecular weight excluding hydrogens is 280 g/mol. The summed E-state index contributed by atoms with van der Waals surface area (Å²) in [4.78, 5) is 22.3. The van der Waals surface area contributed by atoms with E-state index in [1.54, 1.807) is 0 Å². The molecule has 0 bridgehead atoms. The van der Waals surface area contributed by atoms with E-state index in [-0.39, 0.29) is 11.1 Å². The van der Waals surface area contributed by atoms with Gasteiger partial charge in [-0.05, 0) is 47.5 Å². The molecule has 0 atom stereocenters. The summed E-state index contributed by atoms with van der Waals surface area (Å²) in [5, 5.41) is 18.2.